The van der Waals surface area contributed by atoms with E-state index in [9.17, 15) is 19.5 Å². The van der Waals surface area contributed by atoms with Gasteiger partial charge in [0.15, 0.2) is 5.54 Å². The quantitative estimate of drug-likeness (QED) is 0.861. The molecule has 0 aromatic heterocycles. The average Bonchev–Trinajstić information content (AvgIpc) is 2.48. The largest absolute Gasteiger partial charge is 0.481 e. The zero-order valence-corrected chi connectivity index (χ0v) is 12.1. The molecule has 126 valence electrons. The van der Waals surface area contributed by atoms with Crippen molar-refractivity contribution < 1.29 is 29.3 Å². The van der Waals surface area contributed by atoms with Crippen LogP contribution in [0.2, 0.25) is 0 Å². The second kappa shape index (κ2) is 7.13. The molecule has 1 heterocycles. The first-order valence-corrected chi connectivity index (χ1v) is 6.81. The fraction of sp³-hybridized carbons (Fsp3) is 0.438. The fourth-order valence-corrected chi connectivity index (χ4v) is 2.68. The number of nitrogens with zero attached hydrogens (tertiary/aromatic N) is 1. The lowest BCUT2D eigenvalue weighted by atomic mass is 9.73. The second-order valence-electron chi connectivity index (χ2n) is 5.35. The zero-order valence-electron chi connectivity index (χ0n) is 12.1. The Bertz CT molecular complexity index is 587. The van der Waals surface area contributed by atoms with Crippen molar-refractivity contribution in [3.63, 3.8) is 0 Å². The van der Waals surface area contributed by atoms with Crippen molar-refractivity contribution in [1.82, 2.24) is 4.90 Å². The van der Waals surface area contributed by atoms with Gasteiger partial charge in [0.25, 0.3) is 0 Å². The number of carbonyl (C=O) groups excluding carboxylic acids is 1. The van der Waals surface area contributed by atoms with E-state index in [0.717, 1.165) is 10.5 Å². The molecule has 0 spiro atoms. The van der Waals surface area contributed by atoms with E-state index in [1.807, 2.05) is 6.07 Å². The van der Waals surface area contributed by atoms with Crippen molar-refractivity contribution in [2.24, 2.45) is 5.92 Å². The van der Waals surface area contributed by atoms with Gasteiger partial charge >= 0.3 is 18.0 Å². The molecule has 2 N–H and O–H groups in total. The molecule has 1 aliphatic rings. The molecule has 0 unspecified atom stereocenters. The maximum atomic E-state index is 12.1. The van der Waals surface area contributed by atoms with Crippen LogP contribution in [0, 0.1) is 5.92 Å². The zero-order chi connectivity index (χ0) is 16.3. The molecule has 0 aliphatic carbocycles. The van der Waals surface area contributed by atoms with E-state index < -0.39 is 35.9 Å². The first kappa shape index (κ1) is 18.5. The highest BCUT2D eigenvalue weighted by atomic mass is 16.6. The SMILES string of the molecule is C.C[C@H]1CN(C(=O)OCc2ccccc2)[C@@]1(CC(=O)O)C(=O)O. The van der Waals surface area contributed by atoms with Gasteiger partial charge in [-0.1, -0.05) is 44.7 Å². The van der Waals surface area contributed by atoms with Gasteiger partial charge in [-0.3, -0.25) is 9.69 Å². The number of ether oxygens (including phenoxy) is 1. The first-order valence-electron chi connectivity index (χ1n) is 6.81. The van der Waals surface area contributed by atoms with Gasteiger partial charge in [-0.15, -0.1) is 0 Å². The minimum Gasteiger partial charge on any atom is -0.481 e. The summed E-state index contributed by atoms with van der Waals surface area (Å²) < 4.78 is 5.10. The molecule has 1 aromatic carbocycles. The average molecular weight is 323 g/mol. The lowest BCUT2D eigenvalue weighted by molar-refractivity contribution is -0.174. The van der Waals surface area contributed by atoms with Crippen LogP contribution < -0.4 is 0 Å². The molecule has 0 bridgehead atoms. The van der Waals surface area contributed by atoms with Gasteiger partial charge in [-0.05, 0) is 5.56 Å². The number of aliphatic carboxylic acids is 2. The van der Waals surface area contributed by atoms with Crippen LogP contribution in [-0.4, -0.2) is 45.2 Å². The van der Waals surface area contributed by atoms with Gasteiger partial charge in [0, 0.05) is 12.5 Å². The maximum Gasteiger partial charge on any atom is 0.411 e. The molecule has 2 atom stereocenters. The number of benzene rings is 1. The number of carboxylic acids is 2. The van der Waals surface area contributed by atoms with Crippen molar-refractivity contribution in [3.05, 3.63) is 35.9 Å². The highest BCUT2D eigenvalue weighted by Gasteiger charge is 2.61. The Balaban J connectivity index is 0.00000264. The van der Waals surface area contributed by atoms with Crippen molar-refractivity contribution in [2.75, 3.05) is 6.54 Å². The van der Waals surface area contributed by atoms with Crippen molar-refractivity contribution in [2.45, 2.75) is 32.9 Å². The molecular weight excluding hydrogens is 302 g/mol. The van der Waals surface area contributed by atoms with Gasteiger partial charge in [0.1, 0.15) is 6.61 Å². The van der Waals surface area contributed by atoms with E-state index in [1.165, 1.54) is 0 Å². The summed E-state index contributed by atoms with van der Waals surface area (Å²) in [5, 5.41) is 18.3. The number of hydrogen-bond acceptors (Lipinski definition) is 4. The lowest BCUT2D eigenvalue weighted by Gasteiger charge is -2.52. The summed E-state index contributed by atoms with van der Waals surface area (Å²) in [7, 11) is 0. The molecule has 7 heteroatoms. The summed E-state index contributed by atoms with van der Waals surface area (Å²) >= 11 is 0. The van der Waals surface area contributed by atoms with Gasteiger partial charge < -0.3 is 14.9 Å². The van der Waals surface area contributed by atoms with E-state index in [-0.39, 0.29) is 20.6 Å². The van der Waals surface area contributed by atoms with E-state index in [4.69, 9.17) is 9.84 Å². The Morgan fingerprint density at radius 2 is 1.87 bits per heavy atom. The van der Waals surface area contributed by atoms with Crippen LogP contribution >= 0.6 is 0 Å². The predicted octanol–water partition coefficient (Wildman–Crippen LogP) is 2.21. The molecule has 0 saturated carbocycles. The van der Waals surface area contributed by atoms with Gasteiger partial charge in [-0.2, -0.15) is 0 Å². The summed E-state index contributed by atoms with van der Waals surface area (Å²) in [6.07, 6.45) is -1.46. The highest BCUT2D eigenvalue weighted by molar-refractivity contribution is 5.91. The van der Waals surface area contributed by atoms with Crippen LogP contribution in [0.25, 0.3) is 0 Å². The second-order valence-corrected chi connectivity index (χ2v) is 5.35. The molecular formula is C16H21NO6. The van der Waals surface area contributed by atoms with Crippen LogP contribution in [0.5, 0.6) is 0 Å². The number of carbonyl (C=O) groups is 3. The molecule has 1 saturated heterocycles. The fourth-order valence-electron chi connectivity index (χ4n) is 2.68. The van der Waals surface area contributed by atoms with Crippen LogP contribution in [-0.2, 0) is 20.9 Å². The number of amides is 1. The van der Waals surface area contributed by atoms with Crippen LogP contribution in [0.4, 0.5) is 4.79 Å². The molecule has 1 aromatic rings. The van der Waals surface area contributed by atoms with Crippen LogP contribution in [0.3, 0.4) is 0 Å². The standard InChI is InChI=1S/C15H17NO6.CH4/c1-10-8-16(15(10,13(19)20)7-12(17)18)14(21)22-9-11-5-3-2-4-6-11;/h2-6,10H,7-9H2,1H3,(H,17,18)(H,19,20);1H4/t10-,15+;/m0./s1. The van der Waals surface area contributed by atoms with E-state index in [1.54, 1.807) is 31.2 Å². The topological polar surface area (TPSA) is 104 Å². The maximum absolute atomic E-state index is 12.1. The summed E-state index contributed by atoms with van der Waals surface area (Å²) in [6, 6.07) is 8.95. The Hall–Kier alpha value is -2.57. The molecule has 0 radical (unpaired) electrons. The van der Waals surface area contributed by atoms with Crippen molar-refractivity contribution in [3.8, 4) is 0 Å². The van der Waals surface area contributed by atoms with Crippen molar-refractivity contribution in [1.29, 1.82) is 0 Å². The Morgan fingerprint density at radius 1 is 1.26 bits per heavy atom. The van der Waals surface area contributed by atoms with Gasteiger partial charge in [0.2, 0.25) is 0 Å². The molecule has 23 heavy (non-hydrogen) atoms. The third kappa shape index (κ3) is 3.44. The molecule has 7 nitrogen and oxygen atoms in total. The monoisotopic (exact) mass is 323 g/mol. The van der Waals surface area contributed by atoms with E-state index in [0.29, 0.717) is 0 Å². The normalized spacial score (nSPS) is 22.5. The van der Waals surface area contributed by atoms with Gasteiger partial charge in [0.05, 0.1) is 6.42 Å². The predicted molar refractivity (Wildman–Crippen MR) is 81.8 cm³/mol. The Morgan fingerprint density at radius 3 is 2.35 bits per heavy atom. The highest BCUT2D eigenvalue weighted by Crippen LogP contribution is 2.40. The Labute approximate surface area is 134 Å². The van der Waals surface area contributed by atoms with E-state index >= 15 is 0 Å². The Kier molecular flexibility index (Phi) is 5.73. The number of likely N-dealkylation sites (tertiary alicyclic amines) is 1. The molecule has 1 aliphatic heterocycles. The summed E-state index contributed by atoms with van der Waals surface area (Å²) in [4.78, 5) is 35.6. The molecule has 1 fully saturated rings. The minimum absolute atomic E-state index is 0. The number of hydrogen-bond donors (Lipinski definition) is 2. The van der Waals surface area contributed by atoms with Crippen LogP contribution in [0.15, 0.2) is 30.3 Å². The summed E-state index contributed by atoms with van der Waals surface area (Å²) in [6.45, 7) is 1.78. The minimum atomic E-state index is -1.74. The number of rotatable bonds is 5. The van der Waals surface area contributed by atoms with Gasteiger partial charge in [-0.25, -0.2) is 9.59 Å². The third-order valence-corrected chi connectivity index (χ3v) is 3.97. The lowest BCUT2D eigenvalue weighted by Crippen LogP contribution is -2.72. The summed E-state index contributed by atoms with van der Waals surface area (Å²) in [5.41, 5.74) is -0.969. The number of carboxylic acid groups (broad SMARTS) is 2. The smallest absolute Gasteiger partial charge is 0.411 e. The van der Waals surface area contributed by atoms with Crippen molar-refractivity contribution >= 4 is 18.0 Å². The first-order chi connectivity index (χ1) is 10.4. The third-order valence-electron chi connectivity index (χ3n) is 3.97. The molecule has 2 rings (SSSR count). The van der Waals surface area contributed by atoms with Crippen LogP contribution in [0.1, 0.15) is 26.3 Å². The summed E-state index contributed by atoms with van der Waals surface area (Å²) in [5.74, 6) is -3.05. The van der Waals surface area contributed by atoms with E-state index in [2.05, 4.69) is 0 Å². The molecule has 1 amide bonds.